The summed E-state index contributed by atoms with van der Waals surface area (Å²) in [5.74, 6) is 0.937. The Bertz CT molecular complexity index is 297. The van der Waals surface area contributed by atoms with Gasteiger partial charge < -0.3 is 0 Å². The zero-order valence-corrected chi connectivity index (χ0v) is 9.31. The van der Waals surface area contributed by atoms with Crippen LogP contribution in [0, 0.1) is 10.7 Å². The number of thioether (sulfide) groups is 1. The molecule has 0 heterocycles. The van der Waals surface area contributed by atoms with Gasteiger partial charge in [0.15, 0.2) is 0 Å². The van der Waals surface area contributed by atoms with Crippen LogP contribution in [0.1, 0.15) is 24.5 Å². The smallest absolute Gasteiger partial charge is 0.133 e. The molecule has 74 valence electrons. The molecule has 1 nitrogen and oxygen atoms in total. The van der Waals surface area contributed by atoms with Crippen LogP contribution in [0.5, 0.6) is 0 Å². The Hall–Kier alpha value is -0.940. The minimum atomic E-state index is 0.937. The lowest BCUT2D eigenvalue weighted by atomic mass is 10.1. The normalized spacial score (nSPS) is 9.71. The second kappa shape index (κ2) is 6.50. The van der Waals surface area contributed by atoms with Crippen molar-refractivity contribution in [3.8, 4) is 5.40 Å². The molecule has 0 radical (unpaired) electrons. The third-order valence-corrected chi connectivity index (χ3v) is 2.83. The fraction of sp³-hybridized carbons (Fsp3) is 0.417. The SMILES string of the molecule is CCc1ccc(CCCSC#N)cc1. The Balaban J connectivity index is 2.33. The van der Waals surface area contributed by atoms with Crippen molar-refractivity contribution in [3.05, 3.63) is 35.4 Å². The number of benzene rings is 1. The number of nitrogens with zero attached hydrogens (tertiary/aromatic N) is 1. The summed E-state index contributed by atoms with van der Waals surface area (Å²) in [6.45, 7) is 2.17. The molecule has 2 heteroatoms. The standard InChI is InChI=1S/C12H15NS/c1-2-11-5-7-12(8-6-11)4-3-9-14-10-13/h5-8H,2-4,9H2,1H3. The average Bonchev–Trinajstić information content (AvgIpc) is 2.25. The van der Waals surface area contributed by atoms with Gasteiger partial charge in [-0.25, -0.2) is 0 Å². The van der Waals surface area contributed by atoms with Crippen LogP contribution >= 0.6 is 11.8 Å². The molecule has 0 aliphatic heterocycles. The molecule has 0 saturated heterocycles. The van der Waals surface area contributed by atoms with Gasteiger partial charge in [0.25, 0.3) is 0 Å². The van der Waals surface area contributed by atoms with Crippen LogP contribution in [0.3, 0.4) is 0 Å². The number of thiocyanates is 1. The zero-order valence-electron chi connectivity index (χ0n) is 8.49. The summed E-state index contributed by atoms with van der Waals surface area (Å²) in [7, 11) is 0. The lowest BCUT2D eigenvalue weighted by molar-refractivity contribution is 0.932. The van der Waals surface area contributed by atoms with Crippen LogP contribution in [0.4, 0.5) is 0 Å². The topological polar surface area (TPSA) is 23.8 Å². The van der Waals surface area contributed by atoms with Gasteiger partial charge in [-0.3, -0.25) is 0 Å². The Kier molecular flexibility index (Phi) is 5.17. The van der Waals surface area contributed by atoms with Crippen molar-refractivity contribution in [3.63, 3.8) is 0 Å². The molecular formula is C12H15NS. The Labute approximate surface area is 90.1 Å². The van der Waals surface area contributed by atoms with Gasteiger partial charge in [-0.2, -0.15) is 5.26 Å². The van der Waals surface area contributed by atoms with E-state index in [4.69, 9.17) is 5.26 Å². The summed E-state index contributed by atoms with van der Waals surface area (Å²) in [5, 5.41) is 10.4. The van der Waals surface area contributed by atoms with E-state index in [0.29, 0.717) is 0 Å². The third-order valence-electron chi connectivity index (χ3n) is 2.21. The van der Waals surface area contributed by atoms with Gasteiger partial charge >= 0.3 is 0 Å². The van der Waals surface area contributed by atoms with E-state index in [9.17, 15) is 0 Å². The van der Waals surface area contributed by atoms with Gasteiger partial charge in [-0.15, -0.1) is 0 Å². The van der Waals surface area contributed by atoms with Crippen LogP contribution in [0.25, 0.3) is 0 Å². The molecule has 1 rings (SSSR count). The van der Waals surface area contributed by atoms with Crippen molar-refractivity contribution in [2.45, 2.75) is 26.2 Å². The minimum Gasteiger partial charge on any atom is -0.185 e. The molecule has 1 aromatic carbocycles. The van der Waals surface area contributed by atoms with Gasteiger partial charge in [0.2, 0.25) is 0 Å². The molecule has 0 bridgehead atoms. The van der Waals surface area contributed by atoms with Gasteiger partial charge in [0.1, 0.15) is 5.40 Å². The third kappa shape index (κ3) is 3.85. The number of nitriles is 1. The maximum Gasteiger partial charge on any atom is 0.133 e. The van der Waals surface area contributed by atoms with Crippen molar-refractivity contribution < 1.29 is 0 Å². The van der Waals surface area contributed by atoms with Crippen LogP contribution in [-0.2, 0) is 12.8 Å². The minimum absolute atomic E-state index is 0.937. The molecule has 0 atom stereocenters. The van der Waals surface area contributed by atoms with Crippen LogP contribution in [0.15, 0.2) is 24.3 Å². The first-order valence-corrected chi connectivity index (χ1v) is 5.94. The molecule has 0 aromatic heterocycles. The van der Waals surface area contributed by atoms with Crippen LogP contribution < -0.4 is 0 Å². The van der Waals surface area contributed by atoms with E-state index in [-0.39, 0.29) is 0 Å². The van der Waals surface area contributed by atoms with Gasteiger partial charge in [0, 0.05) is 5.75 Å². The molecule has 0 spiro atoms. The van der Waals surface area contributed by atoms with E-state index in [0.717, 1.165) is 25.0 Å². The highest BCUT2D eigenvalue weighted by molar-refractivity contribution is 8.03. The van der Waals surface area contributed by atoms with E-state index in [1.165, 1.54) is 22.9 Å². The fourth-order valence-electron chi connectivity index (χ4n) is 1.34. The summed E-state index contributed by atoms with van der Waals surface area (Å²) in [4.78, 5) is 0. The maximum absolute atomic E-state index is 8.34. The molecule has 0 N–H and O–H groups in total. The second-order valence-corrected chi connectivity index (χ2v) is 4.09. The largest absolute Gasteiger partial charge is 0.185 e. The average molecular weight is 205 g/mol. The van der Waals surface area contributed by atoms with Gasteiger partial charge in [0.05, 0.1) is 0 Å². The highest BCUT2D eigenvalue weighted by Crippen LogP contribution is 2.09. The second-order valence-electron chi connectivity index (χ2n) is 3.21. The van der Waals surface area contributed by atoms with Crippen molar-refractivity contribution in [2.75, 3.05) is 5.75 Å². The number of rotatable bonds is 5. The first-order chi connectivity index (χ1) is 6.86. The Morgan fingerprint density at radius 3 is 2.43 bits per heavy atom. The van der Waals surface area contributed by atoms with Crippen molar-refractivity contribution in [1.82, 2.24) is 0 Å². The predicted octanol–water partition coefficient (Wildman–Crippen LogP) is 3.40. The molecular weight excluding hydrogens is 190 g/mol. The van der Waals surface area contributed by atoms with E-state index in [2.05, 4.69) is 36.6 Å². The maximum atomic E-state index is 8.34. The monoisotopic (exact) mass is 205 g/mol. The van der Waals surface area contributed by atoms with Crippen molar-refractivity contribution >= 4 is 11.8 Å². The number of hydrogen-bond acceptors (Lipinski definition) is 2. The molecule has 0 unspecified atom stereocenters. The quantitative estimate of drug-likeness (QED) is 0.543. The number of hydrogen-bond donors (Lipinski definition) is 0. The molecule has 0 amide bonds. The van der Waals surface area contributed by atoms with Crippen LogP contribution in [0.2, 0.25) is 0 Å². The van der Waals surface area contributed by atoms with Gasteiger partial charge in [-0.1, -0.05) is 31.2 Å². The fourth-order valence-corrected chi connectivity index (χ4v) is 1.72. The summed E-state index contributed by atoms with van der Waals surface area (Å²) < 4.78 is 0. The van der Waals surface area contributed by atoms with E-state index in [1.807, 2.05) is 0 Å². The van der Waals surface area contributed by atoms with Gasteiger partial charge in [-0.05, 0) is 42.2 Å². The molecule has 14 heavy (non-hydrogen) atoms. The van der Waals surface area contributed by atoms with E-state index >= 15 is 0 Å². The lowest BCUT2D eigenvalue weighted by Gasteiger charge is -2.01. The molecule has 0 fully saturated rings. The van der Waals surface area contributed by atoms with Crippen LogP contribution in [-0.4, -0.2) is 5.75 Å². The number of aryl methyl sites for hydroxylation is 2. The molecule has 1 aromatic rings. The summed E-state index contributed by atoms with van der Waals surface area (Å²) in [6.07, 6.45) is 3.27. The molecule has 0 aliphatic rings. The van der Waals surface area contributed by atoms with Crippen molar-refractivity contribution in [2.24, 2.45) is 0 Å². The highest BCUT2D eigenvalue weighted by Gasteiger charge is 1.94. The highest BCUT2D eigenvalue weighted by atomic mass is 32.2. The zero-order chi connectivity index (χ0) is 10.2. The molecule has 0 aliphatic carbocycles. The summed E-state index contributed by atoms with van der Waals surface area (Å²) in [6, 6.07) is 8.76. The first kappa shape index (κ1) is 11.1. The summed E-state index contributed by atoms with van der Waals surface area (Å²) in [5.41, 5.74) is 2.76. The molecule has 0 saturated carbocycles. The summed E-state index contributed by atoms with van der Waals surface area (Å²) >= 11 is 1.34. The first-order valence-electron chi connectivity index (χ1n) is 4.95. The van der Waals surface area contributed by atoms with E-state index in [1.54, 1.807) is 0 Å². The lowest BCUT2D eigenvalue weighted by Crippen LogP contribution is -1.88. The van der Waals surface area contributed by atoms with E-state index < -0.39 is 0 Å². The Morgan fingerprint density at radius 1 is 1.21 bits per heavy atom. The Morgan fingerprint density at radius 2 is 1.86 bits per heavy atom. The van der Waals surface area contributed by atoms with Crippen molar-refractivity contribution in [1.29, 1.82) is 5.26 Å². The predicted molar refractivity (Wildman–Crippen MR) is 62.2 cm³/mol.